The Kier molecular flexibility index (Phi) is 4.90. The molecule has 2 heteroatoms. The first-order valence-electron chi connectivity index (χ1n) is 6.00. The van der Waals surface area contributed by atoms with E-state index in [1.165, 1.54) is 19.3 Å². The van der Waals surface area contributed by atoms with Crippen LogP contribution in [0.15, 0.2) is 0 Å². The van der Waals surface area contributed by atoms with Crippen LogP contribution < -0.4 is 5.32 Å². The van der Waals surface area contributed by atoms with Gasteiger partial charge in [-0.2, -0.15) is 0 Å². The van der Waals surface area contributed by atoms with Crippen molar-refractivity contribution in [3.05, 3.63) is 0 Å². The Morgan fingerprint density at radius 1 is 1.36 bits per heavy atom. The van der Waals surface area contributed by atoms with Gasteiger partial charge in [-0.25, -0.2) is 0 Å². The molecule has 0 aromatic rings. The average Bonchev–Trinajstić information content (AvgIpc) is 2.50. The number of hydrogen-bond acceptors (Lipinski definition) is 2. The van der Waals surface area contributed by atoms with E-state index < -0.39 is 0 Å². The highest BCUT2D eigenvalue weighted by molar-refractivity contribution is 4.83. The second kappa shape index (κ2) is 5.72. The van der Waals surface area contributed by atoms with Gasteiger partial charge in [-0.1, -0.05) is 27.2 Å². The zero-order valence-electron chi connectivity index (χ0n) is 9.79. The highest BCUT2D eigenvalue weighted by Gasteiger charge is 2.25. The number of aliphatic hydroxyl groups excluding tert-OH is 1. The molecular weight excluding hydrogens is 174 g/mol. The molecule has 1 aliphatic rings. The maximum atomic E-state index is 9.26. The van der Waals surface area contributed by atoms with Crippen LogP contribution in [-0.4, -0.2) is 23.8 Å². The lowest BCUT2D eigenvalue weighted by Crippen LogP contribution is -2.42. The van der Waals surface area contributed by atoms with E-state index >= 15 is 0 Å². The minimum atomic E-state index is 0.279. The maximum Gasteiger partial charge on any atom is 0.0584 e. The second-order valence-electron chi connectivity index (χ2n) is 5.19. The van der Waals surface area contributed by atoms with E-state index in [1.54, 1.807) is 0 Å². The fraction of sp³-hybridized carbons (Fsp3) is 1.00. The van der Waals surface area contributed by atoms with Crippen molar-refractivity contribution in [2.45, 2.75) is 58.5 Å². The Labute approximate surface area is 88.1 Å². The molecular formula is C12H25NO. The van der Waals surface area contributed by atoms with Crippen molar-refractivity contribution < 1.29 is 5.11 Å². The van der Waals surface area contributed by atoms with Crippen LogP contribution in [0.1, 0.15) is 46.5 Å². The summed E-state index contributed by atoms with van der Waals surface area (Å²) in [5, 5.41) is 12.9. The van der Waals surface area contributed by atoms with Crippen molar-refractivity contribution in [1.82, 2.24) is 5.32 Å². The molecule has 0 aromatic heterocycles. The van der Waals surface area contributed by atoms with Crippen LogP contribution in [0.25, 0.3) is 0 Å². The van der Waals surface area contributed by atoms with Crippen molar-refractivity contribution in [3.8, 4) is 0 Å². The third kappa shape index (κ3) is 3.58. The van der Waals surface area contributed by atoms with E-state index in [4.69, 9.17) is 0 Å². The molecule has 0 aromatic carbocycles. The number of aliphatic hydroxyl groups is 1. The average molecular weight is 199 g/mol. The van der Waals surface area contributed by atoms with Gasteiger partial charge >= 0.3 is 0 Å². The normalized spacial score (nSPS) is 29.8. The van der Waals surface area contributed by atoms with Gasteiger partial charge in [0, 0.05) is 12.1 Å². The maximum absolute atomic E-state index is 9.26. The molecule has 1 aliphatic carbocycles. The first-order valence-corrected chi connectivity index (χ1v) is 6.00. The summed E-state index contributed by atoms with van der Waals surface area (Å²) in [6, 6.07) is 0.950. The minimum absolute atomic E-state index is 0.279. The van der Waals surface area contributed by atoms with Gasteiger partial charge in [-0.05, 0) is 31.1 Å². The molecule has 0 bridgehead atoms. The van der Waals surface area contributed by atoms with E-state index in [0.717, 1.165) is 12.3 Å². The predicted molar refractivity (Wildman–Crippen MR) is 60.3 cm³/mol. The largest absolute Gasteiger partial charge is 0.395 e. The first kappa shape index (κ1) is 12.0. The minimum Gasteiger partial charge on any atom is -0.395 e. The van der Waals surface area contributed by atoms with Gasteiger partial charge in [-0.15, -0.1) is 0 Å². The molecule has 0 spiro atoms. The van der Waals surface area contributed by atoms with Crippen LogP contribution in [-0.2, 0) is 0 Å². The lowest BCUT2D eigenvalue weighted by atomic mass is 10.0. The third-order valence-electron chi connectivity index (χ3n) is 3.29. The van der Waals surface area contributed by atoms with Crippen LogP contribution in [0.4, 0.5) is 0 Å². The van der Waals surface area contributed by atoms with Crippen LogP contribution in [0.3, 0.4) is 0 Å². The van der Waals surface area contributed by atoms with Gasteiger partial charge in [0.25, 0.3) is 0 Å². The molecule has 1 rings (SSSR count). The second-order valence-corrected chi connectivity index (χ2v) is 5.19. The van der Waals surface area contributed by atoms with Crippen LogP contribution in [0, 0.1) is 11.8 Å². The zero-order valence-corrected chi connectivity index (χ0v) is 9.79. The van der Waals surface area contributed by atoms with Gasteiger partial charge in [-0.3, -0.25) is 0 Å². The van der Waals surface area contributed by atoms with Gasteiger partial charge in [0.05, 0.1) is 6.61 Å². The smallest absolute Gasteiger partial charge is 0.0584 e. The van der Waals surface area contributed by atoms with E-state index in [0.29, 0.717) is 18.0 Å². The summed E-state index contributed by atoms with van der Waals surface area (Å²) in [5.41, 5.74) is 0. The Hall–Kier alpha value is -0.0800. The third-order valence-corrected chi connectivity index (χ3v) is 3.29. The highest BCUT2D eigenvalue weighted by atomic mass is 16.3. The molecule has 0 amide bonds. The summed E-state index contributed by atoms with van der Waals surface area (Å²) in [4.78, 5) is 0. The molecule has 1 saturated carbocycles. The number of rotatable bonds is 5. The highest BCUT2D eigenvalue weighted by Crippen LogP contribution is 2.25. The van der Waals surface area contributed by atoms with Crippen molar-refractivity contribution in [1.29, 1.82) is 0 Å². The summed E-state index contributed by atoms with van der Waals surface area (Å²) >= 11 is 0. The number of hydrogen-bond donors (Lipinski definition) is 2. The lowest BCUT2D eigenvalue weighted by molar-refractivity contribution is 0.205. The Bertz CT molecular complexity index is 158. The molecule has 0 aliphatic heterocycles. The van der Waals surface area contributed by atoms with Gasteiger partial charge < -0.3 is 10.4 Å². The fourth-order valence-electron chi connectivity index (χ4n) is 2.46. The molecule has 0 unspecified atom stereocenters. The van der Waals surface area contributed by atoms with Crippen LogP contribution >= 0.6 is 0 Å². The fourth-order valence-corrected chi connectivity index (χ4v) is 2.46. The van der Waals surface area contributed by atoms with Crippen LogP contribution in [0.2, 0.25) is 0 Å². The molecule has 0 heterocycles. The number of nitrogens with one attached hydrogen (secondary N) is 1. The summed E-state index contributed by atoms with van der Waals surface area (Å²) in [7, 11) is 0. The molecule has 2 nitrogen and oxygen atoms in total. The molecule has 0 saturated heterocycles. The summed E-state index contributed by atoms with van der Waals surface area (Å²) in [6.45, 7) is 7.01. The molecule has 3 atom stereocenters. The van der Waals surface area contributed by atoms with Crippen molar-refractivity contribution in [2.75, 3.05) is 6.61 Å². The molecule has 1 fully saturated rings. The van der Waals surface area contributed by atoms with Crippen LogP contribution in [0.5, 0.6) is 0 Å². The Morgan fingerprint density at radius 2 is 2.07 bits per heavy atom. The monoisotopic (exact) mass is 199 g/mol. The quantitative estimate of drug-likeness (QED) is 0.711. The van der Waals surface area contributed by atoms with E-state index in [-0.39, 0.29) is 6.61 Å². The van der Waals surface area contributed by atoms with Crippen molar-refractivity contribution in [3.63, 3.8) is 0 Å². The SMILES string of the molecule is CC(C)C[C@H](CO)N[C@@H]1CCC[C@@H]1C. The van der Waals surface area contributed by atoms with Crippen molar-refractivity contribution in [2.24, 2.45) is 11.8 Å². The molecule has 0 radical (unpaired) electrons. The van der Waals surface area contributed by atoms with Crippen molar-refractivity contribution >= 4 is 0 Å². The van der Waals surface area contributed by atoms with E-state index in [9.17, 15) is 5.11 Å². The van der Waals surface area contributed by atoms with Gasteiger partial charge in [0.1, 0.15) is 0 Å². The summed E-state index contributed by atoms with van der Waals surface area (Å²) < 4.78 is 0. The van der Waals surface area contributed by atoms with E-state index in [1.807, 2.05) is 0 Å². The van der Waals surface area contributed by atoms with Gasteiger partial charge in [0.2, 0.25) is 0 Å². The Balaban J connectivity index is 2.31. The molecule has 14 heavy (non-hydrogen) atoms. The topological polar surface area (TPSA) is 32.3 Å². The standard InChI is InChI=1S/C12H25NO/c1-9(2)7-11(8-14)13-12-6-4-5-10(12)3/h9-14H,4-8H2,1-3H3/t10-,11+,12+/m0/s1. The zero-order chi connectivity index (χ0) is 10.6. The predicted octanol–water partition coefficient (Wildman–Crippen LogP) is 2.17. The molecule has 2 N–H and O–H groups in total. The summed E-state index contributed by atoms with van der Waals surface area (Å²) in [6.07, 6.45) is 5.06. The lowest BCUT2D eigenvalue weighted by Gasteiger charge is -2.25. The van der Waals surface area contributed by atoms with Gasteiger partial charge in [0.15, 0.2) is 0 Å². The van der Waals surface area contributed by atoms with E-state index in [2.05, 4.69) is 26.1 Å². The molecule has 84 valence electrons. The Morgan fingerprint density at radius 3 is 2.50 bits per heavy atom. The first-order chi connectivity index (χ1) is 6.63. The summed E-state index contributed by atoms with van der Waals surface area (Å²) in [5.74, 6) is 1.45.